The zero-order chi connectivity index (χ0) is 13.3. The summed E-state index contributed by atoms with van der Waals surface area (Å²) in [5.74, 6) is 1.14. The van der Waals surface area contributed by atoms with Crippen LogP contribution in [0.5, 0.6) is 5.75 Å². The van der Waals surface area contributed by atoms with Gasteiger partial charge < -0.3 is 15.4 Å². The van der Waals surface area contributed by atoms with Crippen molar-refractivity contribution in [3.8, 4) is 5.75 Å². The fraction of sp³-hybridized carbons (Fsp3) is 0.583. The second kappa shape index (κ2) is 5.59. The van der Waals surface area contributed by atoms with E-state index in [1.54, 1.807) is 7.11 Å². The van der Waals surface area contributed by atoms with E-state index in [2.05, 4.69) is 15.9 Å². The molecule has 1 atom stereocenters. The quantitative estimate of drug-likeness (QED) is 0.923. The lowest BCUT2D eigenvalue weighted by molar-refractivity contribution is 0.0789. The molecule has 1 amide bonds. The van der Waals surface area contributed by atoms with Crippen LogP contribution in [0.15, 0.2) is 4.47 Å². The molecule has 6 heteroatoms. The molecule has 18 heavy (non-hydrogen) atoms. The molecule has 1 saturated heterocycles. The molecule has 0 saturated carbocycles. The van der Waals surface area contributed by atoms with Crippen molar-refractivity contribution >= 4 is 33.2 Å². The fourth-order valence-electron chi connectivity index (χ4n) is 2.18. The Labute approximate surface area is 119 Å². The number of rotatable bonds is 3. The molecule has 0 spiro atoms. The Hall–Kier alpha value is -0.590. The van der Waals surface area contributed by atoms with Crippen molar-refractivity contribution in [1.82, 2.24) is 4.90 Å². The number of hydrogen-bond donors (Lipinski definition) is 1. The molecule has 1 aliphatic heterocycles. The molecule has 2 rings (SSSR count). The molecule has 0 unspecified atom stereocenters. The smallest absolute Gasteiger partial charge is 0.267 e. The highest BCUT2D eigenvalue weighted by atomic mass is 79.9. The Bertz CT molecular complexity index is 461. The third-order valence-corrected chi connectivity index (χ3v) is 5.57. The Morgan fingerprint density at radius 3 is 2.94 bits per heavy atom. The molecule has 0 bridgehead atoms. The average molecular weight is 333 g/mol. The van der Waals surface area contributed by atoms with Crippen LogP contribution in [0.2, 0.25) is 0 Å². The predicted octanol–water partition coefficient (Wildman–Crippen LogP) is 2.25. The Morgan fingerprint density at radius 1 is 1.67 bits per heavy atom. The van der Waals surface area contributed by atoms with E-state index >= 15 is 0 Å². The lowest BCUT2D eigenvalue weighted by Crippen LogP contribution is -2.29. The fourth-order valence-corrected chi connectivity index (χ4v) is 3.90. The molecular formula is C12H17BrN2O2S. The molecule has 2 heterocycles. The van der Waals surface area contributed by atoms with Gasteiger partial charge in [-0.1, -0.05) is 0 Å². The maximum absolute atomic E-state index is 12.4. The summed E-state index contributed by atoms with van der Waals surface area (Å²) in [6, 6.07) is 0. The topological polar surface area (TPSA) is 55.6 Å². The lowest BCUT2D eigenvalue weighted by Gasteiger charge is -2.16. The van der Waals surface area contributed by atoms with Gasteiger partial charge in [0.05, 0.1) is 11.6 Å². The van der Waals surface area contributed by atoms with Gasteiger partial charge in [0, 0.05) is 18.0 Å². The van der Waals surface area contributed by atoms with Crippen molar-refractivity contribution in [2.45, 2.75) is 13.3 Å². The van der Waals surface area contributed by atoms with Gasteiger partial charge in [-0.05, 0) is 41.7 Å². The predicted molar refractivity (Wildman–Crippen MR) is 76.4 cm³/mol. The molecule has 100 valence electrons. The number of carbonyl (C=O) groups is 1. The second-order valence-corrected chi connectivity index (χ2v) is 6.49. The molecule has 0 aromatic carbocycles. The Morgan fingerprint density at radius 2 is 2.39 bits per heavy atom. The standard InChI is InChI=1S/C12H17BrN2O2S/c1-7-9(13)10(17-2)11(18-7)12(16)15-4-3-8(5-14)6-15/h8H,3-6,14H2,1-2H3/t8-/m1/s1. The van der Waals surface area contributed by atoms with E-state index in [1.165, 1.54) is 11.3 Å². The lowest BCUT2D eigenvalue weighted by atomic mass is 10.1. The summed E-state index contributed by atoms with van der Waals surface area (Å²) in [6.45, 7) is 4.17. The minimum absolute atomic E-state index is 0.0570. The number of amides is 1. The highest BCUT2D eigenvalue weighted by Crippen LogP contribution is 2.40. The summed E-state index contributed by atoms with van der Waals surface area (Å²) < 4.78 is 6.20. The average Bonchev–Trinajstić information content (AvgIpc) is 2.95. The highest BCUT2D eigenvalue weighted by molar-refractivity contribution is 9.10. The van der Waals surface area contributed by atoms with Crippen molar-refractivity contribution < 1.29 is 9.53 Å². The SMILES string of the molecule is COc1c(C(=O)N2CC[C@H](CN)C2)sc(C)c1Br. The molecule has 2 N–H and O–H groups in total. The van der Waals surface area contributed by atoms with E-state index in [4.69, 9.17) is 10.5 Å². The molecule has 4 nitrogen and oxygen atoms in total. The number of thiophene rings is 1. The van der Waals surface area contributed by atoms with Crippen LogP contribution in [-0.4, -0.2) is 37.6 Å². The van der Waals surface area contributed by atoms with E-state index in [0.717, 1.165) is 28.9 Å². The number of carbonyl (C=O) groups excluding carboxylic acids is 1. The van der Waals surface area contributed by atoms with Crippen molar-refractivity contribution in [2.75, 3.05) is 26.7 Å². The zero-order valence-corrected chi connectivity index (χ0v) is 12.9. The van der Waals surface area contributed by atoms with Crippen molar-refractivity contribution in [3.05, 3.63) is 14.2 Å². The Balaban J connectivity index is 2.22. The first-order chi connectivity index (χ1) is 8.58. The van der Waals surface area contributed by atoms with Crippen LogP contribution in [-0.2, 0) is 0 Å². The molecule has 1 aromatic rings. The third kappa shape index (κ3) is 2.41. The van der Waals surface area contributed by atoms with E-state index in [0.29, 0.717) is 23.1 Å². The number of likely N-dealkylation sites (tertiary alicyclic amines) is 1. The van der Waals surface area contributed by atoms with Crippen molar-refractivity contribution in [1.29, 1.82) is 0 Å². The van der Waals surface area contributed by atoms with E-state index in [1.807, 2.05) is 11.8 Å². The second-order valence-electron chi connectivity index (χ2n) is 4.48. The molecule has 0 aliphatic carbocycles. The summed E-state index contributed by atoms with van der Waals surface area (Å²) in [7, 11) is 1.59. The molecule has 1 aliphatic rings. The van der Waals surface area contributed by atoms with Crippen molar-refractivity contribution in [2.24, 2.45) is 11.7 Å². The first-order valence-electron chi connectivity index (χ1n) is 5.90. The van der Waals surface area contributed by atoms with Gasteiger partial charge in [0.25, 0.3) is 5.91 Å². The van der Waals surface area contributed by atoms with Crippen LogP contribution in [0.25, 0.3) is 0 Å². The molecule has 1 aromatic heterocycles. The normalized spacial score (nSPS) is 19.3. The van der Waals surface area contributed by atoms with E-state index < -0.39 is 0 Å². The van der Waals surface area contributed by atoms with Crippen LogP contribution in [0, 0.1) is 12.8 Å². The minimum Gasteiger partial charge on any atom is -0.494 e. The van der Waals surface area contributed by atoms with Crippen LogP contribution in [0.1, 0.15) is 21.0 Å². The number of nitrogens with two attached hydrogens (primary N) is 1. The highest BCUT2D eigenvalue weighted by Gasteiger charge is 2.30. The number of hydrogen-bond acceptors (Lipinski definition) is 4. The maximum Gasteiger partial charge on any atom is 0.267 e. The maximum atomic E-state index is 12.4. The van der Waals surface area contributed by atoms with Crippen LogP contribution in [0.4, 0.5) is 0 Å². The molecular weight excluding hydrogens is 316 g/mol. The van der Waals surface area contributed by atoms with Gasteiger partial charge in [0.15, 0.2) is 5.75 Å². The van der Waals surface area contributed by atoms with Crippen LogP contribution >= 0.6 is 27.3 Å². The van der Waals surface area contributed by atoms with Gasteiger partial charge in [0.1, 0.15) is 4.88 Å². The number of nitrogens with zero attached hydrogens (tertiary/aromatic N) is 1. The minimum atomic E-state index is 0.0570. The van der Waals surface area contributed by atoms with Gasteiger partial charge in [-0.15, -0.1) is 11.3 Å². The van der Waals surface area contributed by atoms with Gasteiger partial charge in [0.2, 0.25) is 0 Å². The van der Waals surface area contributed by atoms with Crippen LogP contribution in [0.3, 0.4) is 0 Å². The zero-order valence-electron chi connectivity index (χ0n) is 10.5. The number of aryl methyl sites for hydroxylation is 1. The van der Waals surface area contributed by atoms with Gasteiger partial charge >= 0.3 is 0 Å². The van der Waals surface area contributed by atoms with Gasteiger partial charge in [-0.3, -0.25) is 4.79 Å². The van der Waals surface area contributed by atoms with E-state index in [9.17, 15) is 4.79 Å². The summed E-state index contributed by atoms with van der Waals surface area (Å²) in [4.78, 5) is 16.1. The van der Waals surface area contributed by atoms with Gasteiger partial charge in [-0.2, -0.15) is 0 Å². The monoisotopic (exact) mass is 332 g/mol. The molecule has 0 radical (unpaired) electrons. The summed E-state index contributed by atoms with van der Waals surface area (Å²) in [6.07, 6.45) is 0.996. The summed E-state index contributed by atoms with van der Waals surface area (Å²) in [5, 5.41) is 0. The largest absolute Gasteiger partial charge is 0.494 e. The first kappa shape index (κ1) is 13.8. The summed E-state index contributed by atoms with van der Waals surface area (Å²) >= 11 is 4.93. The van der Waals surface area contributed by atoms with E-state index in [-0.39, 0.29) is 5.91 Å². The van der Waals surface area contributed by atoms with Crippen LogP contribution < -0.4 is 10.5 Å². The first-order valence-corrected chi connectivity index (χ1v) is 7.51. The summed E-state index contributed by atoms with van der Waals surface area (Å²) in [5.41, 5.74) is 5.65. The third-order valence-electron chi connectivity index (χ3n) is 3.27. The van der Waals surface area contributed by atoms with Gasteiger partial charge in [-0.25, -0.2) is 0 Å². The number of halogens is 1. The van der Waals surface area contributed by atoms with Crippen molar-refractivity contribution in [3.63, 3.8) is 0 Å². The molecule has 1 fully saturated rings. The Kier molecular flexibility index (Phi) is 4.29. The number of methoxy groups -OCH3 is 1. The number of ether oxygens (including phenoxy) is 1.